The number of amides is 2. The first kappa shape index (κ1) is 24.9. The van der Waals surface area contributed by atoms with Gasteiger partial charge in [0.2, 0.25) is 11.8 Å². The molecule has 0 aromatic heterocycles. The quantitative estimate of drug-likeness (QED) is 0.454. The van der Waals surface area contributed by atoms with Crippen molar-refractivity contribution >= 4 is 46.6 Å². The van der Waals surface area contributed by atoms with Crippen molar-refractivity contribution in [1.29, 1.82) is 0 Å². The molecule has 7 heteroatoms. The number of rotatable bonds is 8. The molecule has 0 bridgehead atoms. The van der Waals surface area contributed by atoms with Crippen molar-refractivity contribution in [2.24, 2.45) is 5.92 Å². The summed E-state index contributed by atoms with van der Waals surface area (Å²) in [6.45, 7) is 2.60. The number of carbonyl (C=O) groups excluding carboxylic acids is 2. The van der Waals surface area contributed by atoms with Crippen LogP contribution < -0.4 is 5.32 Å². The minimum Gasteiger partial charge on any atom is -0.351 e. The summed E-state index contributed by atoms with van der Waals surface area (Å²) in [5.41, 5.74) is 1.74. The zero-order chi connectivity index (χ0) is 23.1. The van der Waals surface area contributed by atoms with E-state index in [2.05, 4.69) is 12.2 Å². The second-order valence-electron chi connectivity index (χ2n) is 8.52. The second kappa shape index (κ2) is 11.9. The normalized spacial score (nSPS) is 19.2. The number of nitrogens with zero attached hydrogens (tertiary/aromatic N) is 1. The third kappa shape index (κ3) is 6.87. The zero-order valence-corrected chi connectivity index (χ0v) is 20.5. The van der Waals surface area contributed by atoms with Gasteiger partial charge < -0.3 is 10.2 Å². The average Bonchev–Trinajstić information content (AvgIpc) is 2.79. The van der Waals surface area contributed by atoms with Crippen LogP contribution in [0.3, 0.4) is 0 Å². The number of benzene rings is 2. The van der Waals surface area contributed by atoms with E-state index in [1.54, 1.807) is 29.2 Å². The SMILES string of the molecule is CC1CCC(NC(=O)C(c2ccc(Cl)cc2)N(CCc2ccc(Cl)cc2)C(=O)CCl)CC1. The molecule has 32 heavy (non-hydrogen) atoms. The van der Waals surface area contributed by atoms with Crippen molar-refractivity contribution in [2.45, 2.75) is 51.1 Å². The highest BCUT2D eigenvalue weighted by atomic mass is 35.5. The molecule has 1 fully saturated rings. The third-order valence-corrected chi connectivity index (χ3v) is 6.83. The number of alkyl halides is 1. The molecule has 1 aliphatic carbocycles. The summed E-state index contributed by atoms with van der Waals surface area (Å²) < 4.78 is 0. The van der Waals surface area contributed by atoms with E-state index >= 15 is 0 Å². The lowest BCUT2D eigenvalue weighted by Gasteiger charge is -2.34. The Morgan fingerprint density at radius 1 is 0.969 bits per heavy atom. The molecule has 1 N–H and O–H groups in total. The van der Waals surface area contributed by atoms with Crippen LogP contribution in [0.2, 0.25) is 10.0 Å². The number of halogens is 3. The third-order valence-electron chi connectivity index (χ3n) is 6.10. The molecular weight excluding hydrogens is 467 g/mol. The average molecular weight is 496 g/mol. The summed E-state index contributed by atoms with van der Waals surface area (Å²) in [5.74, 6) is 0.0252. The number of carbonyl (C=O) groups is 2. The summed E-state index contributed by atoms with van der Waals surface area (Å²) in [4.78, 5) is 27.9. The number of hydrogen-bond acceptors (Lipinski definition) is 2. The Morgan fingerprint density at radius 3 is 2.09 bits per heavy atom. The standard InChI is InChI=1S/C25H29Cl3N2O2/c1-17-2-12-22(13-3-17)29-25(32)24(19-6-10-21(28)11-7-19)30(23(31)16-26)15-14-18-4-8-20(27)9-5-18/h4-11,17,22,24H,2-3,12-16H2,1H3,(H,29,32). The molecule has 2 aromatic carbocycles. The van der Waals surface area contributed by atoms with E-state index in [4.69, 9.17) is 34.8 Å². The smallest absolute Gasteiger partial charge is 0.247 e. The fraction of sp³-hybridized carbons (Fsp3) is 0.440. The lowest BCUT2D eigenvalue weighted by molar-refractivity contribution is -0.139. The summed E-state index contributed by atoms with van der Waals surface area (Å²) in [5, 5.41) is 4.42. The predicted octanol–water partition coefficient (Wildman–Crippen LogP) is 6.04. The van der Waals surface area contributed by atoms with Crippen molar-refractivity contribution in [2.75, 3.05) is 12.4 Å². The summed E-state index contributed by atoms with van der Waals surface area (Å²) >= 11 is 18.0. The minimum absolute atomic E-state index is 0.123. The van der Waals surface area contributed by atoms with E-state index in [0.29, 0.717) is 34.5 Å². The van der Waals surface area contributed by atoms with E-state index in [1.165, 1.54) is 0 Å². The van der Waals surface area contributed by atoms with Crippen LogP contribution in [0.1, 0.15) is 49.8 Å². The van der Waals surface area contributed by atoms with Gasteiger partial charge in [-0.2, -0.15) is 0 Å². The molecule has 0 radical (unpaired) electrons. The monoisotopic (exact) mass is 494 g/mol. The molecule has 1 atom stereocenters. The second-order valence-corrected chi connectivity index (χ2v) is 9.66. The van der Waals surface area contributed by atoms with Gasteiger partial charge in [0.25, 0.3) is 0 Å². The van der Waals surface area contributed by atoms with Gasteiger partial charge in [-0.3, -0.25) is 9.59 Å². The molecule has 4 nitrogen and oxygen atoms in total. The number of nitrogens with one attached hydrogen (secondary N) is 1. The van der Waals surface area contributed by atoms with E-state index in [9.17, 15) is 9.59 Å². The Bertz CT molecular complexity index is 894. The largest absolute Gasteiger partial charge is 0.351 e. The van der Waals surface area contributed by atoms with Crippen LogP contribution in [0.25, 0.3) is 0 Å². The Labute approximate surface area is 205 Å². The molecule has 0 spiro atoms. The van der Waals surface area contributed by atoms with Gasteiger partial charge in [0.05, 0.1) is 0 Å². The van der Waals surface area contributed by atoms with Crippen LogP contribution in [-0.2, 0) is 16.0 Å². The number of hydrogen-bond donors (Lipinski definition) is 1. The van der Waals surface area contributed by atoms with Gasteiger partial charge in [-0.15, -0.1) is 11.6 Å². The van der Waals surface area contributed by atoms with Crippen LogP contribution in [0, 0.1) is 5.92 Å². The molecule has 1 saturated carbocycles. The predicted molar refractivity (Wildman–Crippen MR) is 131 cm³/mol. The van der Waals surface area contributed by atoms with Crippen LogP contribution >= 0.6 is 34.8 Å². The van der Waals surface area contributed by atoms with E-state index in [0.717, 1.165) is 31.2 Å². The van der Waals surface area contributed by atoms with Gasteiger partial charge >= 0.3 is 0 Å². The molecule has 172 valence electrons. The highest BCUT2D eigenvalue weighted by Gasteiger charge is 2.32. The fourth-order valence-electron chi connectivity index (χ4n) is 4.18. The van der Waals surface area contributed by atoms with Crippen molar-refractivity contribution in [1.82, 2.24) is 10.2 Å². The minimum atomic E-state index is -0.773. The summed E-state index contributed by atoms with van der Waals surface area (Å²) in [6.07, 6.45) is 4.68. The lowest BCUT2D eigenvalue weighted by Crippen LogP contribution is -2.48. The molecular formula is C25H29Cl3N2O2. The maximum absolute atomic E-state index is 13.5. The van der Waals surface area contributed by atoms with Crippen molar-refractivity contribution in [3.63, 3.8) is 0 Å². The summed E-state index contributed by atoms with van der Waals surface area (Å²) in [6, 6.07) is 13.9. The zero-order valence-electron chi connectivity index (χ0n) is 18.2. The van der Waals surface area contributed by atoms with Crippen molar-refractivity contribution in [3.8, 4) is 0 Å². The molecule has 3 rings (SSSR count). The van der Waals surface area contributed by atoms with Crippen molar-refractivity contribution < 1.29 is 9.59 Å². The lowest BCUT2D eigenvalue weighted by atomic mass is 9.87. The Morgan fingerprint density at radius 2 is 1.53 bits per heavy atom. The van der Waals surface area contributed by atoms with E-state index in [-0.39, 0.29) is 23.7 Å². The maximum Gasteiger partial charge on any atom is 0.247 e. The van der Waals surface area contributed by atoms with Crippen LogP contribution in [0.5, 0.6) is 0 Å². The van der Waals surface area contributed by atoms with Gasteiger partial charge in [0.15, 0.2) is 0 Å². The first-order chi connectivity index (χ1) is 15.4. The van der Waals surface area contributed by atoms with Crippen LogP contribution in [-0.4, -0.2) is 35.2 Å². The fourth-order valence-corrected chi connectivity index (χ4v) is 4.58. The molecule has 0 heterocycles. The Kier molecular flexibility index (Phi) is 9.27. The Hall–Kier alpha value is -1.75. The van der Waals surface area contributed by atoms with Crippen LogP contribution in [0.4, 0.5) is 0 Å². The van der Waals surface area contributed by atoms with Crippen LogP contribution in [0.15, 0.2) is 48.5 Å². The highest BCUT2D eigenvalue weighted by molar-refractivity contribution is 6.30. The first-order valence-electron chi connectivity index (χ1n) is 11.0. The van der Waals surface area contributed by atoms with Gasteiger partial charge in [-0.25, -0.2) is 0 Å². The molecule has 1 unspecified atom stereocenters. The maximum atomic E-state index is 13.5. The molecule has 0 saturated heterocycles. The van der Waals surface area contributed by atoms with Gasteiger partial charge in [-0.05, 0) is 73.4 Å². The van der Waals surface area contributed by atoms with Gasteiger partial charge in [-0.1, -0.05) is 54.4 Å². The van der Waals surface area contributed by atoms with Crippen molar-refractivity contribution in [3.05, 3.63) is 69.7 Å². The molecule has 0 aliphatic heterocycles. The molecule has 2 aromatic rings. The molecule has 1 aliphatic rings. The highest BCUT2D eigenvalue weighted by Crippen LogP contribution is 2.27. The Balaban J connectivity index is 1.84. The molecule has 2 amide bonds. The van der Waals surface area contributed by atoms with Gasteiger partial charge in [0.1, 0.15) is 11.9 Å². The van der Waals surface area contributed by atoms with E-state index < -0.39 is 6.04 Å². The summed E-state index contributed by atoms with van der Waals surface area (Å²) in [7, 11) is 0. The topological polar surface area (TPSA) is 49.4 Å². The van der Waals surface area contributed by atoms with Gasteiger partial charge in [0, 0.05) is 22.6 Å². The first-order valence-corrected chi connectivity index (χ1v) is 12.3. The van der Waals surface area contributed by atoms with E-state index in [1.807, 2.05) is 24.3 Å².